The first-order chi connectivity index (χ1) is 12.6. The van der Waals surface area contributed by atoms with Crippen molar-refractivity contribution in [1.82, 2.24) is 10.1 Å². The standard InChI is InChI=1S/C19H13ClN2O4/c1-11-8-18(23)25-16-9-14(6-7-15(11)16)24-10-17-21-19(22-26-17)12-2-4-13(20)5-3-12/h2-9H,10H2,1H3. The van der Waals surface area contributed by atoms with Gasteiger partial charge in [-0.25, -0.2) is 4.79 Å². The highest BCUT2D eigenvalue weighted by Gasteiger charge is 2.10. The second kappa shape index (κ2) is 6.65. The monoisotopic (exact) mass is 368 g/mol. The number of hydrogen-bond donors (Lipinski definition) is 0. The van der Waals surface area contributed by atoms with E-state index in [0.717, 1.165) is 16.5 Å². The average Bonchev–Trinajstić information content (AvgIpc) is 3.09. The van der Waals surface area contributed by atoms with Gasteiger partial charge in [-0.3, -0.25) is 0 Å². The van der Waals surface area contributed by atoms with E-state index in [-0.39, 0.29) is 6.61 Å². The van der Waals surface area contributed by atoms with Crippen LogP contribution >= 0.6 is 11.6 Å². The number of fused-ring (bicyclic) bond motifs is 1. The fourth-order valence-corrected chi connectivity index (χ4v) is 2.70. The van der Waals surface area contributed by atoms with E-state index < -0.39 is 5.63 Å². The van der Waals surface area contributed by atoms with Crippen LogP contribution in [0.2, 0.25) is 5.02 Å². The summed E-state index contributed by atoms with van der Waals surface area (Å²) in [4.78, 5) is 15.8. The van der Waals surface area contributed by atoms with Crippen molar-refractivity contribution < 1.29 is 13.7 Å². The molecule has 0 saturated heterocycles. The fourth-order valence-electron chi connectivity index (χ4n) is 2.57. The number of nitrogens with zero attached hydrogens (tertiary/aromatic N) is 2. The molecular weight excluding hydrogens is 356 g/mol. The van der Waals surface area contributed by atoms with Crippen molar-refractivity contribution in [1.29, 1.82) is 0 Å². The second-order valence-electron chi connectivity index (χ2n) is 5.71. The molecule has 4 rings (SSSR count). The third kappa shape index (κ3) is 3.32. The number of hydrogen-bond acceptors (Lipinski definition) is 6. The Morgan fingerprint density at radius 2 is 1.92 bits per heavy atom. The maximum absolute atomic E-state index is 11.5. The summed E-state index contributed by atoms with van der Waals surface area (Å²) >= 11 is 5.87. The van der Waals surface area contributed by atoms with Gasteiger partial charge in [0, 0.05) is 28.1 Å². The van der Waals surface area contributed by atoms with Crippen LogP contribution in [0.3, 0.4) is 0 Å². The predicted octanol–water partition coefficient (Wildman–Crippen LogP) is 4.38. The maximum atomic E-state index is 11.5. The highest BCUT2D eigenvalue weighted by atomic mass is 35.5. The summed E-state index contributed by atoms with van der Waals surface area (Å²) in [6.45, 7) is 1.96. The zero-order valence-electron chi connectivity index (χ0n) is 13.7. The summed E-state index contributed by atoms with van der Waals surface area (Å²) < 4.78 is 16.1. The van der Waals surface area contributed by atoms with Crippen LogP contribution in [-0.4, -0.2) is 10.1 Å². The van der Waals surface area contributed by atoms with Crippen LogP contribution < -0.4 is 10.4 Å². The van der Waals surface area contributed by atoms with E-state index in [2.05, 4.69) is 10.1 Å². The lowest BCUT2D eigenvalue weighted by Crippen LogP contribution is -1.99. The number of aryl methyl sites for hydroxylation is 1. The molecule has 4 aromatic rings. The van der Waals surface area contributed by atoms with Crippen LogP contribution in [0.4, 0.5) is 0 Å². The molecule has 2 aromatic heterocycles. The van der Waals surface area contributed by atoms with Crippen LogP contribution in [0.15, 0.2) is 62.3 Å². The summed E-state index contributed by atoms with van der Waals surface area (Å²) in [5.74, 6) is 1.33. The molecule has 0 radical (unpaired) electrons. The van der Waals surface area contributed by atoms with Gasteiger partial charge in [-0.05, 0) is 48.9 Å². The molecule has 0 aliphatic carbocycles. The Labute approximate surface area is 153 Å². The Balaban J connectivity index is 1.51. The number of aromatic nitrogens is 2. The van der Waals surface area contributed by atoms with Crippen molar-refractivity contribution in [3.8, 4) is 17.1 Å². The van der Waals surface area contributed by atoms with Gasteiger partial charge in [0.2, 0.25) is 5.82 Å². The van der Waals surface area contributed by atoms with Gasteiger partial charge in [0.15, 0.2) is 6.61 Å². The highest BCUT2D eigenvalue weighted by Crippen LogP contribution is 2.23. The van der Waals surface area contributed by atoms with E-state index in [9.17, 15) is 4.79 Å². The lowest BCUT2D eigenvalue weighted by atomic mass is 10.1. The lowest BCUT2D eigenvalue weighted by Gasteiger charge is -2.05. The molecule has 0 aliphatic rings. The van der Waals surface area contributed by atoms with E-state index in [0.29, 0.717) is 28.1 Å². The number of rotatable bonds is 4. The van der Waals surface area contributed by atoms with Crippen molar-refractivity contribution in [3.63, 3.8) is 0 Å². The molecule has 0 fully saturated rings. The van der Waals surface area contributed by atoms with Crippen molar-refractivity contribution in [2.24, 2.45) is 0 Å². The first-order valence-electron chi connectivity index (χ1n) is 7.84. The summed E-state index contributed by atoms with van der Waals surface area (Å²) in [5, 5.41) is 5.43. The SMILES string of the molecule is Cc1cc(=O)oc2cc(OCc3nc(-c4ccc(Cl)cc4)no3)ccc12. The van der Waals surface area contributed by atoms with Gasteiger partial charge in [-0.2, -0.15) is 4.98 Å². The third-order valence-electron chi connectivity index (χ3n) is 3.86. The highest BCUT2D eigenvalue weighted by molar-refractivity contribution is 6.30. The van der Waals surface area contributed by atoms with E-state index in [1.807, 2.05) is 25.1 Å². The Morgan fingerprint density at radius 1 is 1.12 bits per heavy atom. The minimum atomic E-state index is -0.392. The van der Waals surface area contributed by atoms with Crippen molar-refractivity contribution >= 4 is 22.6 Å². The molecule has 0 saturated carbocycles. The van der Waals surface area contributed by atoms with Crippen LogP contribution in [-0.2, 0) is 6.61 Å². The predicted molar refractivity (Wildman–Crippen MR) is 96.3 cm³/mol. The Hall–Kier alpha value is -3.12. The molecule has 0 unspecified atom stereocenters. The molecule has 0 amide bonds. The van der Waals surface area contributed by atoms with Crippen LogP contribution in [0, 0.1) is 6.92 Å². The smallest absolute Gasteiger partial charge is 0.336 e. The maximum Gasteiger partial charge on any atom is 0.336 e. The molecule has 26 heavy (non-hydrogen) atoms. The Bertz CT molecular complexity index is 1130. The van der Waals surface area contributed by atoms with Gasteiger partial charge in [0.05, 0.1) is 0 Å². The van der Waals surface area contributed by atoms with E-state index >= 15 is 0 Å². The normalized spacial score (nSPS) is 11.0. The lowest BCUT2D eigenvalue weighted by molar-refractivity contribution is 0.243. The number of halogens is 1. The van der Waals surface area contributed by atoms with Crippen LogP contribution in [0.1, 0.15) is 11.5 Å². The Morgan fingerprint density at radius 3 is 2.73 bits per heavy atom. The fraction of sp³-hybridized carbons (Fsp3) is 0.105. The van der Waals surface area contributed by atoms with Gasteiger partial charge in [-0.15, -0.1) is 0 Å². The largest absolute Gasteiger partial charge is 0.484 e. The van der Waals surface area contributed by atoms with Gasteiger partial charge in [0.1, 0.15) is 11.3 Å². The molecule has 0 N–H and O–H groups in total. The molecule has 7 heteroatoms. The molecule has 6 nitrogen and oxygen atoms in total. The molecule has 0 spiro atoms. The minimum Gasteiger partial charge on any atom is -0.484 e. The van der Waals surface area contributed by atoms with E-state index in [1.54, 1.807) is 24.3 Å². The van der Waals surface area contributed by atoms with Gasteiger partial charge >= 0.3 is 5.63 Å². The van der Waals surface area contributed by atoms with Crippen molar-refractivity contribution in [2.45, 2.75) is 13.5 Å². The number of ether oxygens (including phenoxy) is 1. The van der Waals surface area contributed by atoms with Gasteiger partial charge in [0.25, 0.3) is 5.89 Å². The molecule has 2 heterocycles. The zero-order valence-corrected chi connectivity index (χ0v) is 14.5. The first-order valence-corrected chi connectivity index (χ1v) is 8.22. The summed E-state index contributed by atoms with van der Waals surface area (Å²) in [6, 6.07) is 13.9. The second-order valence-corrected chi connectivity index (χ2v) is 6.15. The third-order valence-corrected chi connectivity index (χ3v) is 4.11. The average molecular weight is 369 g/mol. The minimum absolute atomic E-state index is 0.0993. The van der Waals surface area contributed by atoms with E-state index in [4.69, 9.17) is 25.3 Å². The quantitative estimate of drug-likeness (QED) is 0.497. The summed E-state index contributed by atoms with van der Waals surface area (Å²) in [5.41, 5.74) is 1.73. The molecular formula is C19H13ClN2O4. The number of benzene rings is 2. The molecule has 130 valence electrons. The van der Waals surface area contributed by atoms with Gasteiger partial charge in [-0.1, -0.05) is 16.8 Å². The molecule has 0 bridgehead atoms. The van der Waals surface area contributed by atoms with Crippen LogP contribution in [0.5, 0.6) is 5.75 Å². The summed E-state index contributed by atoms with van der Waals surface area (Å²) in [7, 11) is 0. The molecule has 0 atom stereocenters. The van der Waals surface area contributed by atoms with Crippen molar-refractivity contribution in [2.75, 3.05) is 0 Å². The topological polar surface area (TPSA) is 78.4 Å². The Kier molecular flexibility index (Phi) is 4.18. The van der Waals surface area contributed by atoms with Crippen LogP contribution in [0.25, 0.3) is 22.4 Å². The molecule has 0 aliphatic heterocycles. The van der Waals surface area contributed by atoms with Gasteiger partial charge < -0.3 is 13.7 Å². The summed E-state index contributed by atoms with van der Waals surface area (Å²) in [6.07, 6.45) is 0. The van der Waals surface area contributed by atoms with Crippen molar-refractivity contribution in [3.05, 3.63) is 75.4 Å². The first kappa shape index (κ1) is 16.4. The molecule has 2 aromatic carbocycles. The van der Waals surface area contributed by atoms with E-state index in [1.165, 1.54) is 6.07 Å². The zero-order chi connectivity index (χ0) is 18.1.